The van der Waals surface area contributed by atoms with Crippen molar-refractivity contribution in [2.24, 2.45) is 34.5 Å². The summed E-state index contributed by atoms with van der Waals surface area (Å²) in [7, 11) is 0. The Balaban J connectivity index is 1.70. The van der Waals surface area contributed by atoms with Gasteiger partial charge in [0, 0.05) is 11.3 Å². The Kier molecular flexibility index (Phi) is 3.78. The summed E-state index contributed by atoms with van der Waals surface area (Å²) in [6.45, 7) is 3.84. The Morgan fingerprint density at radius 2 is 1.96 bits per heavy atom. The second-order valence-corrected chi connectivity index (χ2v) is 9.48. The Bertz CT molecular complexity index is 560. The SMILES string of the molecule is CC(O)(O)C1CC[C@H]2[C@@H]3CC=C4CCCC[C@]4(C=O)[C@H]3CC[C@]12C. The molecule has 0 heterocycles. The third-order valence-electron chi connectivity index (χ3n) is 8.49. The lowest BCUT2D eigenvalue weighted by atomic mass is 9.47. The molecule has 0 saturated heterocycles. The number of aliphatic hydroxyl groups is 2. The number of allylic oxidation sites excluding steroid dienone is 2. The quantitative estimate of drug-likeness (QED) is 0.459. The standard InChI is InChI=1S/C21H32O3/c1-19-12-10-17-15(16(19)8-9-18(19)20(2,23)24)7-6-14-5-3-4-11-21(14,17)13-22/h6,13,15-18,23-24H,3-5,7-12H2,1-2H3/t15-,16-,17-,18?,19-,21+/m0/s1. The van der Waals surface area contributed by atoms with E-state index in [9.17, 15) is 15.0 Å². The van der Waals surface area contributed by atoms with Crippen LogP contribution in [-0.2, 0) is 4.79 Å². The van der Waals surface area contributed by atoms with Crippen LogP contribution in [-0.4, -0.2) is 22.3 Å². The molecule has 0 aromatic carbocycles. The van der Waals surface area contributed by atoms with Crippen LogP contribution < -0.4 is 0 Å². The molecular weight excluding hydrogens is 300 g/mol. The molecule has 4 aliphatic rings. The molecule has 0 radical (unpaired) electrons. The summed E-state index contributed by atoms with van der Waals surface area (Å²) in [4.78, 5) is 12.2. The van der Waals surface area contributed by atoms with Crippen LogP contribution >= 0.6 is 0 Å². The van der Waals surface area contributed by atoms with Crippen molar-refractivity contribution in [2.45, 2.75) is 77.4 Å². The van der Waals surface area contributed by atoms with Crippen LogP contribution in [0.1, 0.15) is 71.6 Å². The number of carbonyl (C=O) groups excluding carboxylic acids is 1. The first-order valence-corrected chi connectivity index (χ1v) is 9.93. The zero-order chi connectivity index (χ0) is 17.2. The maximum atomic E-state index is 12.2. The van der Waals surface area contributed by atoms with Crippen LogP contribution in [0.15, 0.2) is 11.6 Å². The molecular formula is C21H32O3. The maximum absolute atomic E-state index is 12.2. The molecule has 3 fully saturated rings. The molecule has 0 spiro atoms. The molecule has 6 atom stereocenters. The van der Waals surface area contributed by atoms with E-state index < -0.39 is 5.79 Å². The van der Waals surface area contributed by atoms with E-state index in [1.54, 1.807) is 6.92 Å². The lowest BCUT2D eigenvalue weighted by molar-refractivity contribution is -0.218. The van der Waals surface area contributed by atoms with Crippen molar-refractivity contribution < 1.29 is 15.0 Å². The Morgan fingerprint density at radius 3 is 2.67 bits per heavy atom. The van der Waals surface area contributed by atoms with E-state index in [0.717, 1.165) is 44.9 Å². The highest BCUT2D eigenvalue weighted by Crippen LogP contribution is 2.66. The van der Waals surface area contributed by atoms with Crippen LogP contribution in [0.3, 0.4) is 0 Å². The highest BCUT2D eigenvalue weighted by molar-refractivity contribution is 5.67. The average molecular weight is 332 g/mol. The minimum atomic E-state index is -1.58. The molecule has 0 aromatic heterocycles. The van der Waals surface area contributed by atoms with Crippen molar-refractivity contribution in [3.63, 3.8) is 0 Å². The van der Waals surface area contributed by atoms with Gasteiger partial charge in [-0.25, -0.2) is 0 Å². The van der Waals surface area contributed by atoms with Crippen molar-refractivity contribution in [1.82, 2.24) is 0 Å². The summed E-state index contributed by atoms with van der Waals surface area (Å²) < 4.78 is 0. The van der Waals surface area contributed by atoms with Crippen molar-refractivity contribution in [1.29, 1.82) is 0 Å². The summed E-state index contributed by atoms with van der Waals surface area (Å²) >= 11 is 0. The third-order valence-corrected chi connectivity index (χ3v) is 8.49. The van der Waals surface area contributed by atoms with Gasteiger partial charge in [0.15, 0.2) is 5.79 Å². The predicted molar refractivity (Wildman–Crippen MR) is 93.0 cm³/mol. The van der Waals surface area contributed by atoms with Gasteiger partial charge in [-0.1, -0.05) is 25.0 Å². The van der Waals surface area contributed by atoms with Gasteiger partial charge in [0.2, 0.25) is 0 Å². The zero-order valence-electron chi connectivity index (χ0n) is 15.1. The van der Waals surface area contributed by atoms with E-state index in [0.29, 0.717) is 17.8 Å². The van der Waals surface area contributed by atoms with E-state index in [1.807, 2.05) is 0 Å². The second-order valence-electron chi connectivity index (χ2n) is 9.48. The van der Waals surface area contributed by atoms with Crippen LogP contribution in [0.25, 0.3) is 0 Å². The van der Waals surface area contributed by atoms with Crippen molar-refractivity contribution >= 4 is 6.29 Å². The molecule has 134 valence electrons. The smallest absolute Gasteiger partial charge is 0.163 e. The third kappa shape index (κ3) is 2.13. The Morgan fingerprint density at radius 1 is 1.17 bits per heavy atom. The van der Waals surface area contributed by atoms with Crippen LogP contribution in [0, 0.1) is 34.5 Å². The molecule has 4 aliphatic carbocycles. The van der Waals surface area contributed by atoms with Gasteiger partial charge in [-0.3, -0.25) is 0 Å². The van der Waals surface area contributed by atoms with Crippen LogP contribution in [0.5, 0.6) is 0 Å². The van der Waals surface area contributed by atoms with Gasteiger partial charge < -0.3 is 15.0 Å². The molecule has 4 rings (SSSR count). The molecule has 3 heteroatoms. The number of carbonyl (C=O) groups is 1. The van der Waals surface area contributed by atoms with Crippen molar-refractivity contribution in [3.8, 4) is 0 Å². The van der Waals surface area contributed by atoms with Gasteiger partial charge in [0.25, 0.3) is 0 Å². The summed E-state index contributed by atoms with van der Waals surface area (Å²) in [5.74, 6) is -0.0747. The van der Waals surface area contributed by atoms with E-state index in [1.165, 1.54) is 24.7 Å². The first-order chi connectivity index (χ1) is 11.3. The monoisotopic (exact) mass is 332 g/mol. The summed E-state index contributed by atoms with van der Waals surface area (Å²) in [5.41, 5.74) is 1.24. The highest BCUT2D eigenvalue weighted by atomic mass is 16.5. The molecule has 1 unspecified atom stereocenters. The fraction of sp³-hybridized carbons (Fsp3) is 0.857. The predicted octanol–water partition coefficient (Wildman–Crippen LogP) is 3.84. The Hall–Kier alpha value is -0.670. The molecule has 0 aliphatic heterocycles. The zero-order valence-corrected chi connectivity index (χ0v) is 15.1. The van der Waals surface area contributed by atoms with Gasteiger partial charge in [0.1, 0.15) is 6.29 Å². The molecule has 0 aromatic rings. The number of rotatable bonds is 2. The Labute approximate surface area is 145 Å². The summed E-state index contributed by atoms with van der Waals surface area (Å²) in [6.07, 6.45) is 13.4. The summed E-state index contributed by atoms with van der Waals surface area (Å²) in [6, 6.07) is 0. The van der Waals surface area contributed by atoms with Gasteiger partial charge >= 0.3 is 0 Å². The fourth-order valence-electron chi connectivity index (χ4n) is 7.50. The second kappa shape index (κ2) is 5.41. The van der Waals surface area contributed by atoms with Gasteiger partial charge in [-0.15, -0.1) is 0 Å². The number of aldehydes is 1. The molecule has 3 saturated carbocycles. The molecule has 0 amide bonds. The summed E-state index contributed by atoms with van der Waals surface area (Å²) in [5, 5.41) is 20.6. The van der Waals surface area contributed by atoms with Crippen LogP contribution in [0.4, 0.5) is 0 Å². The minimum absolute atomic E-state index is 0.00347. The van der Waals surface area contributed by atoms with E-state index in [4.69, 9.17) is 0 Å². The number of fused-ring (bicyclic) bond motifs is 5. The first-order valence-electron chi connectivity index (χ1n) is 9.93. The fourth-order valence-corrected chi connectivity index (χ4v) is 7.50. The highest BCUT2D eigenvalue weighted by Gasteiger charge is 2.61. The lowest BCUT2D eigenvalue weighted by Gasteiger charge is -2.57. The van der Waals surface area contributed by atoms with E-state index >= 15 is 0 Å². The molecule has 2 N–H and O–H groups in total. The van der Waals surface area contributed by atoms with Gasteiger partial charge in [-0.2, -0.15) is 0 Å². The van der Waals surface area contributed by atoms with Crippen molar-refractivity contribution in [3.05, 3.63) is 11.6 Å². The van der Waals surface area contributed by atoms with Gasteiger partial charge in [0.05, 0.1) is 0 Å². The topological polar surface area (TPSA) is 57.5 Å². The molecule has 3 nitrogen and oxygen atoms in total. The largest absolute Gasteiger partial charge is 0.366 e. The number of hydrogen-bond donors (Lipinski definition) is 2. The minimum Gasteiger partial charge on any atom is -0.366 e. The van der Waals surface area contributed by atoms with Gasteiger partial charge in [-0.05, 0) is 81.5 Å². The number of hydrogen-bond acceptors (Lipinski definition) is 3. The normalized spacial score (nSPS) is 48.1. The average Bonchev–Trinajstić information content (AvgIpc) is 2.91. The molecule has 24 heavy (non-hydrogen) atoms. The van der Waals surface area contributed by atoms with Crippen LogP contribution in [0.2, 0.25) is 0 Å². The lowest BCUT2D eigenvalue weighted by Crippen LogP contribution is -2.53. The molecule has 0 bridgehead atoms. The van der Waals surface area contributed by atoms with Crippen molar-refractivity contribution in [2.75, 3.05) is 0 Å². The maximum Gasteiger partial charge on any atom is 0.163 e. The first kappa shape index (κ1) is 16.8. The van der Waals surface area contributed by atoms with E-state index in [-0.39, 0.29) is 16.7 Å². The van der Waals surface area contributed by atoms with E-state index in [2.05, 4.69) is 13.0 Å².